The van der Waals surface area contributed by atoms with Gasteiger partial charge in [-0.1, -0.05) is 0 Å². The van der Waals surface area contributed by atoms with Gasteiger partial charge >= 0.3 is 0 Å². The van der Waals surface area contributed by atoms with Gasteiger partial charge in [0.2, 0.25) is 0 Å². The Morgan fingerprint density at radius 3 is 2.93 bits per heavy atom. The molecule has 0 unspecified atom stereocenters. The lowest BCUT2D eigenvalue weighted by atomic mass is 10.2. The standard InChI is InChI=1S/C12H7NO2/c14-12-8-2-1-6-13-10(8)3-4-11-9(12)5-7-15-11/h1-7H. The van der Waals surface area contributed by atoms with Crippen LogP contribution in [0.3, 0.4) is 0 Å². The molecule has 2 heterocycles. The van der Waals surface area contributed by atoms with Crippen molar-refractivity contribution in [2.24, 2.45) is 0 Å². The molecule has 0 saturated carbocycles. The van der Waals surface area contributed by atoms with Crippen LogP contribution in [0.1, 0.15) is 0 Å². The van der Waals surface area contributed by atoms with E-state index in [1.165, 1.54) is 6.26 Å². The van der Waals surface area contributed by atoms with Gasteiger partial charge in [0.05, 0.1) is 17.2 Å². The second-order valence-electron chi connectivity index (χ2n) is 3.30. The molecule has 0 N–H and O–H groups in total. The lowest BCUT2D eigenvalue weighted by Gasteiger charge is -1.86. The number of rotatable bonds is 0. The van der Waals surface area contributed by atoms with E-state index in [2.05, 4.69) is 4.98 Å². The first-order valence-corrected chi connectivity index (χ1v) is 4.61. The molecule has 0 fully saturated rings. The van der Waals surface area contributed by atoms with Crippen LogP contribution in [0.25, 0.3) is 21.9 Å². The lowest BCUT2D eigenvalue weighted by Crippen LogP contribution is -1.96. The summed E-state index contributed by atoms with van der Waals surface area (Å²) in [6.07, 6.45) is 3.19. The van der Waals surface area contributed by atoms with Gasteiger partial charge in [-0.3, -0.25) is 9.78 Å². The number of furan rings is 1. The molecule has 0 aliphatic heterocycles. The van der Waals surface area contributed by atoms with Crippen LogP contribution in [0.2, 0.25) is 0 Å². The van der Waals surface area contributed by atoms with Gasteiger partial charge in [-0.05, 0) is 30.3 Å². The van der Waals surface area contributed by atoms with Gasteiger partial charge in [0.25, 0.3) is 0 Å². The van der Waals surface area contributed by atoms with Crippen LogP contribution in [0.5, 0.6) is 0 Å². The minimum Gasteiger partial charge on any atom is -0.464 e. The summed E-state index contributed by atoms with van der Waals surface area (Å²) >= 11 is 0. The Labute approximate surface area is 85.0 Å². The highest BCUT2D eigenvalue weighted by Crippen LogP contribution is 2.13. The van der Waals surface area contributed by atoms with Crippen molar-refractivity contribution in [2.75, 3.05) is 0 Å². The number of fused-ring (bicyclic) bond motifs is 2. The number of hydrogen-bond donors (Lipinski definition) is 0. The van der Waals surface area contributed by atoms with E-state index in [1.54, 1.807) is 36.5 Å². The molecule has 0 aliphatic carbocycles. The van der Waals surface area contributed by atoms with E-state index in [9.17, 15) is 4.79 Å². The summed E-state index contributed by atoms with van der Waals surface area (Å²) in [4.78, 5) is 16.2. The third-order valence-electron chi connectivity index (χ3n) is 2.42. The molecule has 3 nitrogen and oxygen atoms in total. The van der Waals surface area contributed by atoms with Crippen molar-refractivity contribution >= 4 is 21.9 Å². The third-order valence-corrected chi connectivity index (χ3v) is 2.42. The molecular weight excluding hydrogens is 190 g/mol. The van der Waals surface area contributed by atoms with Gasteiger partial charge < -0.3 is 4.42 Å². The molecule has 0 bridgehead atoms. The fraction of sp³-hybridized carbons (Fsp3) is 0. The molecule has 15 heavy (non-hydrogen) atoms. The van der Waals surface area contributed by atoms with Gasteiger partial charge in [0, 0.05) is 11.6 Å². The van der Waals surface area contributed by atoms with E-state index < -0.39 is 0 Å². The van der Waals surface area contributed by atoms with Crippen LogP contribution < -0.4 is 5.43 Å². The fourth-order valence-corrected chi connectivity index (χ4v) is 1.68. The predicted molar refractivity (Wildman–Crippen MR) is 57.8 cm³/mol. The summed E-state index contributed by atoms with van der Waals surface area (Å²) in [6.45, 7) is 0. The Bertz CT molecular complexity index is 700. The first-order valence-electron chi connectivity index (χ1n) is 4.61. The van der Waals surface area contributed by atoms with Crippen molar-refractivity contribution in [2.45, 2.75) is 0 Å². The summed E-state index contributed by atoms with van der Waals surface area (Å²) in [5, 5.41) is 1.21. The largest absolute Gasteiger partial charge is 0.464 e. The Morgan fingerprint density at radius 2 is 2.00 bits per heavy atom. The van der Waals surface area contributed by atoms with Crippen molar-refractivity contribution in [3.63, 3.8) is 0 Å². The molecule has 3 heteroatoms. The molecule has 0 spiro atoms. The minimum absolute atomic E-state index is 0.0353. The number of hydrogen-bond acceptors (Lipinski definition) is 3. The van der Waals surface area contributed by atoms with Gasteiger partial charge in [-0.2, -0.15) is 0 Å². The summed E-state index contributed by atoms with van der Waals surface area (Å²) in [5.41, 5.74) is 1.25. The van der Waals surface area contributed by atoms with Crippen LogP contribution in [-0.2, 0) is 0 Å². The topological polar surface area (TPSA) is 43.1 Å². The van der Waals surface area contributed by atoms with Gasteiger partial charge in [-0.25, -0.2) is 0 Å². The van der Waals surface area contributed by atoms with E-state index in [1.807, 2.05) is 0 Å². The van der Waals surface area contributed by atoms with Crippen molar-refractivity contribution < 1.29 is 4.42 Å². The maximum atomic E-state index is 12.0. The maximum absolute atomic E-state index is 12.0. The number of aromatic nitrogens is 1. The summed E-state index contributed by atoms with van der Waals surface area (Å²) in [5.74, 6) is 0. The second kappa shape index (κ2) is 2.92. The van der Waals surface area contributed by atoms with Crippen LogP contribution in [0.4, 0.5) is 0 Å². The third kappa shape index (κ3) is 1.13. The molecule has 2 aromatic heterocycles. The molecule has 0 amide bonds. The van der Waals surface area contributed by atoms with Crippen molar-refractivity contribution in [1.29, 1.82) is 0 Å². The van der Waals surface area contributed by atoms with Gasteiger partial charge in [-0.15, -0.1) is 0 Å². The molecule has 1 aromatic carbocycles. The van der Waals surface area contributed by atoms with E-state index in [-0.39, 0.29) is 5.43 Å². The predicted octanol–water partition coefficient (Wildman–Crippen LogP) is 2.34. The molecule has 0 radical (unpaired) electrons. The van der Waals surface area contributed by atoms with E-state index in [4.69, 9.17) is 4.42 Å². The Hall–Kier alpha value is -2.16. The minimum atomic E-state index is -0.0353. The van der Waals surface area contributed by atoms with Crippen LogP contribution in [-0.4, -0.2) is 4.98 Å². The normalized spacial score (nSPS) is 10.9. The highest BCUT2D eigenvalue weighted by Gasteiger charge is 2.03. The zero-order valence-electron chi connectivity index (χ0n) is 7.81. The smallest absolute Gasteiger partial charge is 0.199 e. The Kier molecular flexibility index (Phi) is 1.59. The summed E-state index contributed by atoms with van der Waals surface area (Å²) in [6, 6.07) is 8.78. The summed E-state index contributed by atoms with van der Waals surface area (Å²) in [7, 11) is 0. The number of pyridine rings is 1. The quantitative estimate of drug-likeness (QED) is 0.555. The SMILES string of the molecule is O=c1c2cccnc2ccc2occc12. The van der Waals surface area contributed by atoms with Crippen molar-refractivity contribution in [3.8, 4) is 0 Å². The molecule has 72 valence electrons. The summed E-state index contributed by atoms with van der Waals surface area (Å²) < 4.78 is 5.20. The zero-order chi connectivity index (χ0) is 10.3. The van der Waals surface area contributed by atoms with Crippen LogP contribution in [0.15, 0.2) is 52.0 Å². The molecule has 3 rings (SSSR count). The van der Waals surface area contributed by atoms with E-state index in [0.717, 1.165) is 0 Å². The monoisotopic (exact) mass is 197 g/mol. The molecular formula is C12H7NO2. The molecule has 0 saturated heterocycles. The second-order valence-corrected chi connectivity index (χ2v) is 3.30. The Balaban J connectivity index is 2.71. The van der Waals surface area contributed by atoms with Crippen LogP contribution >= 0.6 is 0 Å². The Morgan fingerprint density at radius 1 is 1.07 bits per heavy atom. The van der Waals surface area contributed by atoms with Crippen LogP contribution in [0, 0.1) is 0 Å². The van der Waals surface area contributed by atoms with E-state index >= 15 is 0 Å². The average molecular weight is 197 g/mol. The average Bonchev–Trinajstić information content (AvgIpc) is 2.69. The first-order chi connectivity index (χ1) is 7.36. The first kappa shape index (κ1) is 8.17. The van der Waals surface area contributed by atoms with Gasteiger partial charge in [0.15, 0.2) is 5.43 Å². The van der Waals surface area contributed by atoms with Gasteiger partial charge in [0.1, 0.15) is 5.58 Å². The lowest BCUT2D eigenvalue weighted by molar-refractivity contribution is 0.616. The molecule has 3 aromatic rings. The fourth-order valence-electron chi connectivity index (χ4n) is 1.68. The maximum Gasteiger partial charge on any atom is 0.199 e. The molecule has 0 atom stereocenters. The zero-order valence-corrected chi connectivity index (χ0v) is 7.81. The highest BCUT2D eigenvalue weighted by atomic mass is 16.3. The molecule has 0 aliphatic rings. The van der Waals surface area contributed by atoms with E-state index in [0.29, 0.717) is 21.9 Å². The van der Waals surface area contributed by atoms with Crippen molar-refractivity contribution in [3.05, 3.63) is 53.0 Å². The number of nitrogens with zero attached hydrogens (tertiary/aromatic N) is 1. The highest BCUT2D eigenvalue weighted by molar-refractivity contribution is 5.88. The van der Waals surface area contributed by atoms with Crippen molar-refractivity contribution in [1.82, 2.24) is 4.98 Å².